The second-order valence-electron chi connectivity index (χ2n) is 10.6. The SMILES string of the molecule is COCC(=O)Nc1ccc(N2C(=S)NC(c3ccccn3)C2c2cc(C)n(-c3c(C)cc(C)cc3C)c2C)cc1Cl. The molecule has 0 saturated carbocycles. The molecule has 0 radical (unpaired) electrons. The molecule has 0 spiro atoms. The Morgan fingerprint density at radius 3 is 2.44 bits per heavy atom. The topological polar surface area (TPSA) is 71.4 Å². The van der Waals surface area contributed by atoms with Crippen molar-refractivity contribution in [2.45, 2.75) is 46.7 Å². The van der Waals surface area contributed by atoms with Gasteiger partial charge in [0.05, 0.1) is 34.2 Å². The fraction of sp³-hybridized carbons (Fsp3) is 0.281. The highest BCUT2D eigenvalue weighted by molar-refractivity contribution is 7.80. The summed E-state index contributed by atoms with van der Waals surface area (Å²) < 4.78 is 7.27. The van der Waals surface area contributed by atoms with Crippen molar-refractivity contribution in [2.75, 3.05) is 23.9 Å². The fourth-order valence-corrected chi connectivity index (χ4v) is 6.55. The molecule has 2 atom stereocenters. The molecule has 2 unspecified atom stereocenters. The third-order valence-electron chi connectivity index (χ3n) is 7.53. The minimum Gasteiger partial charge on any atom is -0.375 e. The van der Waals surface area contributed by atoms with Crippen molar-refractivity contribution in [1.29, 1.82) is 0 Å². The zero-order chi connectivity index (χ0) is 29.4. The number of aryl methyl sites for hydroxylation is 4. The number of ether oxygens (including phenoxy) is 1. The van der Waals surface area contributed by atoms with Crippen LogP contribution in [0.2, 0.25) is 5.02 Å². The van der Waals surface area contributed by atoms with E-state index in [1.807, 2.05) is 30.3 Å². The van der Waals surface area contributed by atoms with Crippen LogP contribution in [-0.2, 0) is 9.53 Å². The Kier molecular flexibility index (Phi) is 8.18. The highest BCUT2D eigenvalue weighted by atomic mass is 35.5. The molecule has 212 valence electrons. The zero-order valence-electron chi connectivity index (χ0n) is 24.1. The average Bonchev–Trinajstić information content (AvgIpc) is 3.41. The summed E-state index contributed by atoms with van der Waals surface area (Å²) in [6.07, 6.45) is 1.80. The molecule has 1 aliphatic heterocycles. The molecule has 0 bridgehead atoms. The Morgan fingerprint density at radius 1 is 1.07 bits per heavy atom. The van der Waals surface area contributed by atoms with Gasteiger partial charge in [0.25, 0.3) is 0 Å². The normalized spacial score (nSPS) is 16.7. The summed E-state index contributed by atoms with van der Waals surface area (Å²) in [4.78, 5) is 18.9. The molecule has 7 nitrogen and oxygen atoms in total. The number of benzene rings is 2. The monoisotopic (exact) mass is 587 g/mol. The molecule has 9 heteroatoms. The molecular weight excluding hydrogens is 554 g/mol. The molecule has 3 heterocycles. The molecular formula is C32H34ClN5O2S. The van der Waals surface area contributed by atoms with E-state index < -0.39 is 0 Å². The van der Waals surface area contributed by atoms with E-state index in [1.165, 1.54) is 29.5 Å². The first-order valence-corrected chi connectivity index (χ1v) is 14.3. The first kappa shape index (κ1) is 28.8. The number of methoxy groups -OCH3 is 1. The Morgan fingerprint density at radius 2 is 1.80 bits per heavy atom. The van der Waals surface area contributed by atoms with Crippen LogP contribution < -0.4 is 15.5 Å². The van der Waals surface area contributed by atoms with E-state index >= 15 is 0 Å². The number of amides is 1. The van der Waals surface area contributed by atoms with Crippen LogP contribution in [0.5, 0.6) is 0 Å². The maximum absolute atomic E-state index is 12.1. The summed E-state index contributed by atoms with van der Waals surface area (Å²) >= 11 is 12.6. The van der Waals surface area contributed by atoms with E-state index in [9.17, 15) is 4.79 Å². The molecule has 1 amide bonds. The molecule has 2 aromatic heterocycles. The van der Waals surface area contributed by atoms with Crippen LogP contribution in [0.3, 0.4) is 0 Å². The lowest BCUT2D eigenvalue weighted by atomic mass is 9.96. The van der Waals surface area contributed by atoms with Gasteiger partial charge in [0.15, 0.2) is 5.11 Å². The van der Waals surface area contributed by atoms with Gasteiger partial charge < -0.3 is 24.8 Å². The quantitative estimate of drug-likeness (QED) is 0.231. The molecule has 5 rings (SSSR count). The molecule has 2 aromatic carbocycles. The molecule has 1 aliphatic rings. The zero-order valence-corrected chi connectivity index (χ0v) is 25.7. The summed E-state index contributed by atoms with van der Waals surface area (Å²) in [6.45, 7) is 10.7. The van der Waals surface area contributed by atoms with Gasteiger partial charge in [-0.15, -0.1) is 0 Å². The van der Waals surface area contributed by atoms with E-state index in [1.54, 1.807) is 12.3 Å². The van der Waals surface area contributed by atoms with Gasteiger partial charge in [-0.3, -0.25) is 9.78 Å². The van der Waals surface area contributed by atoms with Crippen molar-refractivity contribution in [3.63, 3.8) is 0 Å². The number of hydrogen-bond acceptors (Lipinski definition) is 4. The van der Waals surface area contributed by atoms with Crippen LogP contribution in [0.25, 0.3) is 5.69 Å². The van der Waals surface area contributed by atoms with Gasteiger partial charge >= 0.3 is 0 Å². The number of anilines is 2. The lowest BCUT2D eigenvalue weighted by Crippen LogP contribution is -2.29. The minimum absolute atomic E-state index is 0.0540. The van der Waals surface area contributed by atoms with Crippen molar-refractivity contribution in [2.24, 2.45) is 0 Å². The predicted octanol–water partition coefficient (Wildman–Crippen LogP) is 6.83. The molecule has 2 N–H and O–H groups in total. The van der Waals surface area contributed by atoms with Gasteiger partial charge in [0.2, 0.25) is 5.91 Å². The molecule has 1 saturated heterocycles. The lowest BCUT2D eigenvalue weighted by molar-refractivity contribution is -0.119. The highest BCUT2D eigenvalue weighted by Gasteiger charge is 2.42. The van der Waals surface area contributed by atoms with Gasteiger partial charge in [-0.1, -0.05) is 35.4 Å². The maximum atomic E-state index is 12.1. The second kappa shape index (κ2) is 11.6. The lowest BCUT2D eigenvalue weighted by Gasteiger charge is -2.29. The highest BCUT2D eigenvalue weighted by Crippen LogP contribution is 2.45. The van der Waals surface area contributed by atoms with Crippen LogP contribution in [0.1, 0.15) is 51.4 Å². The molecule has 4 aromatic rings. The first-order chi connectivity index (χ1) is 19.6. The van der Waals surface area contributed by atoms with Crippen LogP contribution in [0.4, 0.5) is 11.4 Å². The second-order valence-corrected chi connectivity index (χ2v) is 11.3. The van der Waals surface area contributed by atoms with E-state index in [0.29, 0.717) is 15.8 Å². The van der Waals surface area contributed by atoms with Crippen molar-refractivity contribution in [3.05, 3.63) is 105 Å². The number of halogens is 1. The average molecular weight is 588 g/mol. The number of pyridine rings is 1. The number of carbonyl (C=O) groups excluding carboxylic acids is 1. The number of nitrogens with one attached hydrogen (secondary N) is 2. The summed E-state index contributed by atoms with van der Waals surface area (Å²) in [5.41, 5.74) is 10.5. The van der Waals surface area contributed by atoms with E-state index in [-0.39, 0.29) is 24.6 Å². The fourth-order valence-electron chi connectivity index (χ4n) is 5.98. The third-order valence-corrected chi connectivity index (χ3v) is 8.15. The van der Waals surface area contributed by atoms with E-state index in [4.69, 9.17) is 33.5 Å². The maximum Gasteiger partial charge on any atom is 0.250 e. The van der Waals surface area contributed by atoms with Gasteiger partial charge in [-0.25, -0.2) is 0 Å². The molecule has 1 fully saturated rings. The largest absolute Gasteiger partial charge is 0.375 e. The number of carbonyl (C=O) groups is 1. The summed E-state index contributed by atoms with van der Waals surface area (Å²) in [5.74, 6) is -0.275. The summed E-state index contributed by atoms with van der Waals surface area (Å²) in [7, 11) is 1.47. The van der Waals surface area contributed by atoms with Gasteiger partial charge in [-0.2, -0.15) is 0 Å². The Balaban J connectivity index is 1.64. The predicted molar refractivity (Wildman–Crippen MR) is 169 cm³/mol. The Labute approximate surface area is 251 Å². The third kappa shape index (κ3) is 5.47. The number of hydrogen-bond donors (Lipinski definition) is 2. The number of thiocarbonyl (C=S) groups is 1. The number of rotatable bonds is 7. The molecule has 41 heavy (non-hydrogen) atoms. The van der Waals surface area contributed by atoms with Crippen molar-refractivity contribution >= 4 is 46.2 Å². The van der Waals surface area contributed by atoms with E-state index in [2.05, 4.69) is 72.9 Å². The smallest absolute Gasteiger partial charge is 0.250 e. The summed E-state index contributed by atoms with van der Waals surface area (Å²) in [6, 6.07) is 17.8. The standard InChI is InChI=1S/C32H34ClN5O2S/c1-18-13-19(2)30(20(3)14-18)37-21(4)15-24(22(37)5)31-29(27-9-7-8-12-34-27)36-32(41)38(31)23-10-11-26(25(33)16-23)35-28(39)17-40-6/h7-16,29,31H,17H2,1-6H3,(H,35,39)(H,36,41). The van der Waals surface area contributed by atoms with Crippen molar-refractivity contribution in [1.82, 2.24) is 14.9 Å². The van der Waals surface area contributed by atoms with Crippen molar-refractivity contribution < 1.29 is 9.53 Å². The van der Waals surface area contributed by atoms with Gasteiger partial charge in [-0.05, 0) is 99.9 Å². The number of nitrogens with zero attached hydrogens (tertiary/aromatic N) is 3. The van der Waals surface area contributed by atoms with Crippen molar-refractivity contribution in [3.8, 4) is 5.69 Å². The minimum atomic E-state index is -0.275. The van der Waals surface area contributed by atoms with E-state index in [0.717, 1.165) is 28.3 Å². The Hall–Kier alpha value is -3.72. The number of aromatic nitrogens is 2. The first-order valence-electron chi connectivity index (χ1n) is 13.5. The van der Waals surface area contributed by atoms with Crippen LogP contribution in [0, 0.1) is 34.6 Å². The van der Waals surface area contributed by atoms with Crippen LogP contribution >= 0.6 is 23.8 Å². The van der Waals surface area contributed by atoms with Gasteiger partial charge in [0, 0.05) is 30.4 Å². The van der Waals surface area contributed by atoms with Crippen LogP contribution in [0.15, 0.2) is 60.8 Å². The van der Waals surface area contributed by atoms with Crippen LogP contribution in [-0.4, -0.2) is 34.3 Å². The summed E-state index contributed by atoms with van der Waals surface area (Å²) in [5, 5.41) is 7.31. The molecule has 0 aliphatic carbocycles. The Bertz CT molecular complexity index is 1610. The van der Waals surface area contributed by atoms with Gasteiger partial charge in [0.1, 0.15) is 6.61 Å².